The fourth-order valence-electron chi connectivity index (χ4n) is 1.84. The van der Waals surface area contributed by atoms with Gasteiger partial charge in [0.15, 0.2) is 9.84 Å². The zero-order chi connectivity index (χ0) is 16.0. The molecule has 0 spiro atoms. The molecular formula is C14H22N2O4S. The molecule has 1 aromatic carbocycles. The number of nitrogens with two attached hydrogens (primary N) is 1. The van der Waals surface area contributed by atoms with E-state index in [4.69, 9.17) is 10.5 Å². The first-order valence-corrected chi connectivity index (χ1v) is 8.22. The lowest BCUT2D eigenvalue weighted by atomic mass is 10.2. The van der Waals surface area contributed by atoms with Crippen molar-refractivity contribution in [2.75, 3.05) is 26.0 Å². The largest absolute Gasteiger partial charge is 0.398 e. The van der Waals surface area contributed by atoms with Crippen molar-refractivity contribution in [1.82, 2.24) is 5.32 Å². The van der Waals surface area contributed by atoms with Gasteiger partial charge in [-0.25, -0.2) is 8.42 Å². The lowest BCUT2D eigenvalue weighted by Crippen LogP contribution is -2.38. The summed E-state index contributed by atoms with van der Waals surface area (Å²) < 4.78 is 29.9. The molecular weight excluding hydrogens is 292 g/mol. The standard InChI is InChI=1S/C14H22N2O4S/c1-10-12(15)6-4-7-13(10)21(18,19)11(2)14(17)16-8-5-9-20-3/h4,6-7,11H,5,8-9,15H2,1-3H3,(H,16,17). The van der Waals surface area contributed by atoms with Crippen LogP contribution in [0.15, 0.2) is 23.1 Å². The number of amides is 1. The molecule has 1 rings (SSSR count). The van der Waals surface area contributed by atoms with Crippen LogP contribution >= 0.6 is 0 Å². The van der Waals surface area contributed by atoms with Gasteiger partial charge in [0.1, 0.15) is 5.25 Å². The minimum atomic E-state index is -3.76. The third-order valence-electron chi connectivity index (χ3n) is 3.29. The molecule has 0 heterocycles. The van der Waals surface area contributed by atoms with Gasteiger partial charge < -0.3 is 15.8 Å². The summed E-state index contributed by atoms with van der Waals surface area (Å²) in [7, 11) is -2.19. The quantitative estimate of drug-likeness (QED) is 0.575. The number of anilines is 1. The van der Waals surface area contributed by atoms with E-state index in [0.717, 1.165) is 0 Å². The number of carbonyl (C=O) groups is 1. The molecule has 0 aliphatic heterocycles. The summed E-state index contributed by atoms with van der Waals surface area (Å²) in [6, 6.07) is 4.66. The first-order chi connectivity index (χ1) is 9.82. The van der Waals surface area contributed by atoms with E-state index in [1.807, 2.05) is 0 Å². The number of methoxy groups -OCH3 is 1. The molecule has 1 unspecified atom stereocenters. The van der Waals surface area contributed by atoms with Gasteiger partial charge in [-0.2, -0.15) is 0 Å². The Balaban J connectivity index is 2.87. The van der Waals surface area contributed by atoms with Crippen LogP contribution in [0, 0.1) is 6.92 Å². The van der Waals surface area contributed by atoms with Gasteiger partial charge in [0.25, 0.3) is 0 Å². The first kappa shape index (κ1) is 17.5. The molecule has 0 saturated heterocycles. The Hall–Kier alpha value is -1.60. The number of nitrogen functional groups attached to an aromatic ring is 1. The fourth-order valence-corrected chi connectivity index (χ4v) is 3.40. The van der Waals surface area contributed by atoms with Crippen molar-refractivity contribution < 1.29 is 17.9 Å². The van der Waals surface area contributed by atoms with E-state index < -0.39 is 21.0 Å². The number of carbonyl (C=O) groups excluding carboxylic acids is 1. The summed E-state index contributed by atoms with van der Waals surface area (Å²) in [6.07, 6.45) is 0.631. The van der Waals surface area contributed by atoms with Crippen LogP contribution in [-0.4, -0.2) is 39.8 Å². The molecule has 118 valence electrons. The van der Waals surface area contributed by atoms with E-state index in [0.29, 0.717) is 30.8 Å². The highest BCUT2D eigenvalue weighted by Crippen LogP contribution is 2.24. The molecule has 0 aliphatic rings. The summed E-state index contributed by atoms with van der Waals surface area (Å²) in [5, 5.41) is 1.43. The molecule has 1 aromatic rings. The molecule has 0 aliphatic carbocycles. The average molecular weight is 314 g/mol. The molecule has 0 saturated carbocycles. The monoisotopic (exact) mass is 314 g/mol. The van der Waals surface area contributed by atoms with Gasteiger partial charge in [-0.15, -0.1) is 0 Å². The van der Waals surface area contributed by atoms with Crippen LogP contribution in [0.5, 0.6) is 0 Å². The van der Waals surface area contributed by atoms with Gasteiger partial charge in [-0.05, 0) is 38.0 Å². The third-order valence-corrected chi connectivity index (χ3v) is 5.49. The molecule has 0 fully saturated rings. The second-order valence-electron chi connectivity index (χ2n) is 4.79. The lowest BCUT2D eigenvalue weighted by Gasteiger charge is -2.15. The molecule has 0 bridgehead atoms. The highest BCUT2D eigenvalue weighted by molar-refractivity contribution is 7.92. The predicted octanol–water partition coefficient (Wildman–Crippen LogP) is 0.892. The van der Waals surface area contributed by atoms with Gasteiger partial charge in [0.2, 0.25) is 5.91 Å². The lowest BCUT2D eigenvalue weighted by molar-refractivity contribution is -0.120. The summed E-state index contributed by atoms with van der Waals surface area (Å²) in [4.78, 5) is 12.1. The highest BCUT2D eigenvalue weighted by atomic mass is 32.2. The minimum absolute atomic E-state index is 0.0991. The van der Waals surface area contributed by atoms with Crippen molar-refractivity contribution >= 4 is 21.4 Å². The maximum atomic E-state index is 12.5. The first-order valence-electron chi connectivity index (χ1n) is 6.68. The number of benzene rings is 1. The molecule has 1 atom stereocenters. The maximum Gasteiger partial charge on any atom is 0.238 e. The summed E-state index contributed by atoms with van der Waals surface area (Å²) in [6.45, 7) is 3.90. The van der Waals surface area contributed by atoms with Crippen LogP contribution in [0.3, 0.4) is 0 Å². The smallest absolute Gasteiger partial charge is 0.238 e. The van der Waals surface area contributed by atoms with E-state index in [1.54, 1.807) is 26.2 Å². The van der Waals surface area contributed by atoms with Crippen LogP contribution in [-0.2, 0) is 19.4 Å². The van der Waals surface area contributed by atoms with Crippen molar-refractivity contribution in [3.05, 3.63) is 23.8 Å². The molecule has 1 amide bonds. The molecule has 0 radical (unpaired) electrons. The zero-order valence-electron chi connectivity index (χ0n) is 12.5. The predicted molar refractivity (Wildman–Crippen MR) is 81.7 cm³/mol. The van der Waals surface area contributed by atoms with E-state index in [2.05, 4.69) is 5.32 Å². The van der Waals surface area contributed by atoms with E-state index in [9.17, 15) is 13.2 Å². The number of nitrogens with one attached hydrogen (secondary N) is 1. The van der Waals surface area contributed by atoms with Gasteiger partial charge in [-0.3, -0.25) is 4.79 Å². The molecule has 21 heavy (non-hydrogen) atoms. The molecule has 7 heteroatoms. The Morgan fingerprint density at radius 1 is 1.43 bits per heavy atom. The number of hydrogen-bond acceptors (Lipinski definition) is 5. The second-order valence-corrected chi connectivity index (χ2v) is 7.03. The average Bonchev–Trinajstić information content (AvgIpc) is 2.45. The summed E-state index contributed by atoms with van der Waals surface area (Å²) >= 11 is 0. The minimum Gasteiger partial charge on any atom is -0.398 e. The normalized spacial score (nSPS) is 12.9. The van der Waals surface area contributed by atoms with E-state index in [1.165, 1.54) is 13.0 Å². The van der Waals surface area contributed by atoms with Crippen molar-refractivity contribution in [2.24, 2.45) is 0 Å². The number of sulfone groups is 1. The van der Waals surface area contributed by atoms with Crippen LogP contribution in [0.4, 0.5) is 5.69 Å². The van der Waals surface area contributed by atoms with Crippen LogP contribution < -0.4 is 11.1 Å². The van der Waals surface area contributed by atoms with E-state index >= 15 is 0 Å². The van der Waals surface area contributed by atoms with Gasteiger partial charge >= 0.3 is 0 Å². The highest BCUT2D eigenvalue weighted by Gasteiger charge is 2.31. The fraction of sp³-hybridized carbons (Fsp3) is 0.500. The van der Waals surface area contributed by atoms with Gasteiger partial charge in [0, 0.05) is 25.9 Å². The Morgan fingerprint density at radius 3 is 2.71 bits per heavy atom. The van der Waals surface area contributed by atoms with Crippen molar-refractivity contribution in [1.29, 1.82) is 0 Å². The number of hydrogen-bond donors (Lipinski definition) is 2. The van der Waals surface area contributed by atoms with Crippen LogP contribution in [0.1, 0.15) is 18.9 Å². The van der Waals surface area contributed by atoms with Gasteiger partial charge in [-0.1, -0.05) is 6.07 Å². The Labute approximate surface area is 125 Å². The van der Waals surface area contributed by atoms with Crippen LogP contribution in [0.25, 0.3) is 0 Å². The van der Waals surface area contributed by atoms with Crippen molar-refractivity contribution in [2.45, 2.75) is 30.4 Å². The van der Waals surface area contributed by atoms with Crippen molar-refractivity contribution in [3.8, 4) is 0 Å². The van der Waals surface area contributed by atoms with E-state index in [-0.39, 0.29) is 4.90 Å². The Morgan fingerprint density at radius 2 is 2.10 bits per heavy atom. The summed E-state index contributed by atoms with van der Waals surface area (Å²) in [5.41, 5.74) is 6.59. The third kappa shape index (κ3) is 4.18. The second kappa shape index (κ2) is 7.42. The SMILES string of the molecule is COCCCNC(=O)C(C)S(=O)(=O)c1cccc(N)c1C. The topological polar surface area (TPSA) is 98.5 Å². The van der Waals surface area contributed by atoms with Crippen molar-refractivity contribution in [3.63, 3.8) is 0 Å². The Kier molecular flexibility index (Phi) is 6.17. The number of ether oxygens (including phenoxy) is 1. The maximum absolute atomic E-state index is 12.5. The number of rotatable bonds is 7. The Bertz CT molecular complexity index is 599. The summed E-state index contributed by atoms with van der Waals surface area (Å²) in [5.74, 6) is -0.520. The molecule has 3 N–H and O–H groups in total. The molecule has 6 nitrogen and oxygen atoms in total. The van der Waals surface area contributed by atoms with Gasteiger partial charge in [0.05, 0.1) is 4.90 Å². The zero-order valence-corrected chi connectivity index (χ0v) is 13.4. The molecule has 0 aromatic heterocycles. The van der Waals surface area contributed by atoms with Crippen LogP contribution in [0.2, 0.25) is 0 Å².